The van der Waals surface area contributed by atoms with E-state index < -0.39 is 46.3 Å². The van der Waals surface area contributed by atoms with Gasteiger partial charge in [0.2, 0.25) is 5.71 Å². The second-order valence-corrected chi connectivity index (χ2v) is 5.85. The van der Waals surface area contributed by atoms with Crippen molar-refractivity contribution in [1.82, 2.24) is 15.2 Å². The van der Waals surface area contributed by atoms with Gasteiger partial charge in [-0.1, -0.05) is 11.6 Å². The Kier molecular flexibility index (Phi) is 7.75. The van der Waals surface area contributed by atoms with Gasteiger partial charge in [-0.2, -0.15) is 18.3 Å². The van der Waals surface area contributed by atoms with E-state index in [4.69, 9.17) is 20.8 Å². The molecule has 0 aliphatic heterocycles. The Morgan fingerprint density at radius 1 is 1.13 bits per heavy atom. The smallest absolute Gasteiger partial charge is 0.417 e. The van der Waals surface area contributed by atoms with Crippen molar-refractivity contribution in [1.29, 1.82) is 0 Å². The van der Waals surface area contributed by atoms with Crippen molar-refractivity contribution in [2.24, 2.45) is 0 Å². The quantitative estimate of drug-likeness (QED) is 0.573. The van der Waals surface area contributed by atoms with Gasteiger partial charge in [-0.25, -0.2) is 14.6 Å². The third-order valence-corrected chi connectivity index (χ3v) is 3.78. The van der Waals surface area contributed by atoms with Crippen LogP contribution < -0.4 is 0 Å². The molecule has 3 aromatic rings. The zero-order valence-corrected chi connectivity index (χ0v) is 16.8. The highest BCUT2D eigenvalue weighted by atomic mass is 35.5. The number of hydrogen-bond donors (Lipinski definition) is 1. The van der Waals surface area contributed by atoms with E-state index in [2.05, 4.69) is 19.9 Å². The topological polar surface area (TPSA) is 125 Å². The lowest BCUT2D eigenvalue weighted by Crippen LogP contribution is -2.06. The number of alkyl halides is 3. The van der Waals surface area contributed by atoms with Gasteiger partial charge in [0.1, 0.15) is 5.56 Å². The molecule has 9 nitrogen and oxygen atoms in total. The molecular weight excluding hydrogens is 447 g/mol. The van der Waals surface area contributed by atoms with Crippen LogP contribution in [0.5, 0.6) is 5.75 Å². The van der Waals surface area contributed by atoms with Crippen LogP contribution >= 0.6 is 11.6 Å². The van der Waals surface area contributed by atoms with Gasteiger partial charge in [-0.05, 0) is 26.0 Å². The van der Waals surface area contributed by atoms with Crippen molar-refractivity contribution in [3.63, 3.8) is 0 Å². The van der Waals surface area contributed by atoms with Crippen molar-refractivity contribution in [3.8, 4) is 5.75 Å². The van der Waals surface area contributed by atoms with E-state index in [-0.39, 0.29) is 17.3 Å². The molecule has 3 heterocycles. The number of furan rings is 1. The summed E-state index contributed by atoms with van der Waals surface area (Å²) in [5.41, 5.74) is -1.36. The van der Waals surface area contributed by atoms with E-state index in [1.807, 2.05) is 0 Å². The molecule has 0 aliphatic carbocycles. The number of carbonyl (C=O) groups is 2. The van der Waals surface area contributed by atoms with Gasteiger partial charge in [0.05, 0.1) is 30.4 Å². The first-order valence-electron chi connectivity index (χ1n) is 8.60. The average Bonchev–Trinajstić information content (AvgIpc) is 3.05. The maximum absolute atomic E-state index is 12.8. The molecule has 31 heavy (non-hydrogen) atoms. The summed E-state index contributed by atoms with van der Waals surface area (Å²) in [6.07, 6.45) is -2.43. The van der Waals surface area contributed by atoms with Gasteiger partial charge >= 0.3 is 18.1 Å². The molecule has 13 heteroatoms. The second-order valence-electron chi connectivity index (χ2n) is 5.49. The number of halogens is 4. The first-order chi connectivity index (χ1) is 14.6. The molecule has 0 atom stereocenters. The lowest BCUT2D eigenvalue weighted by atomic mass is 10.1. The average molecular weight is 462 g/mol. The zero-order chi connectivity index (χ0) is 23.2. The van der Waals surface area contributed by atoms with Gasteiger partial charge in [-0.15, -0.1) is 5.10 Å². The fraction of sp³-hybridized carbons (Fsp3) is 0.278. The number of esters is 2. The Bertz CT molecular complexity index is 1090. The van der Waals surface area contributed by atoms with E-state index in [0.29, 0.717) is 12.7 Å². The van der Waals surface area contributed by atoms with Crippen LogP contribution in [0.2, 0.25) is 5.15 Å². The van der Waals surface area contributed by atoms with Crippen molar-refractivity contribution in [2.75, 3.05) is 13.2 Å². The first kappa shape index (κ1) is 23.9. The highest BCUT2D eigenvalue weighted by molar-refractivity contribution is 6.32. The predicted octanol–water partition coefficient (Wildman–Crippen LogP) is 4.04. The fourth-order valence-electron chi connectivity index (χ4n) is 2.25. The van der Waals surface area contributed by atoms with Crippen molar-refractivity contribution >= 4 is 34.6 Å². The second kappa shape index (κ2) is 10.1. The standard InChI is InChI=1S/C11H8F3NO4.C7H7ClN2O2/c1-2-18-10(17)8-7(16)6-5(11(12,13)14)3-4-15-9(6)19-8;1-2-12-7(11)5-3-4-9-10-6(5)8/h3-4,16H,2H2,1H3;3-4H,2H2,1H3. The summed E-state index contributed by atoms with van der Waals surface area (Å²) < 4.78 is 52.4. The number of carbonyl (C=O) groups excluding carboxylic acids is 2. The molecule has 3 rings (SSSR count). The number of fused-ring (bicyclic) bond motifs is 1. The van der Waals surface area contributed by atoms with Gasteiger partial charge in [-0.3, -0.25) is 0 Å². The number of nitrogens with zero attached hydrogens (tertiary/aromatic N) is 3. The summed E-state index contributed by atoms with van der Waals surface area (Å²) in [5.74, 6) is -3.14. The summed E-state index contributed by atoms with van der Waals surface area (Å²) in [4.78, 5) is 26.0. The molecule has 0 aromatic carbocycles. The maximum atomic E-state index is 12.8. The molecule has 1 N–H and O–H groups in total. The van der Waals surface area contributed by atoms with E-state index in [0.717, 1.165) is 6.20 Å². The Morgan fingerprint density at radius 2 is 1.77 bits per heavy atom. The minimum absolute atomic E-state index is 0.00508. The molecule has 0 unspecified atom stereocenters. The van der Waals surface area contributed by atoms with Gasteiger partial charge in [0, 0.05) is 6.20 Å². The predicted molar refractivity (Wildman–Crippen MR) is 99.6 cm³/mol. The van der Waals surface area contributed by atoms with Crippen LogP contribution in [-0.4, -0.2) is 45.4 Å². The lowest BCUT2D eigenvalue weighted by Gasteiger charge is -2.06. The van der Waals surface area contributed by atoms with E-state index in [9.17, 15) is 27.9 Å². The number of rotatable bonds is 4. The number of aromatic hydroxyl groups is 1. The number of aromatic nitrogens is 3. The molecule has 0 saturated carbocycles. The molecule has 0 fully saturated rings. The number of pyridine rings is 1. The number of hydrogen-bond acceptors (Lipinski definition) is 9. The van der Waals surface area contributed by atoms with Crippen LogP contribution in [0.25, 0.3) is 11.1 Å². The van der Waals surface area contributed by atoms with Crippen molar-refractivity contribution < 1.29 is 41.8 Å². The molecule has 0 spiro atoms. The normalized spacial score (nSPS) is 10.9. The van der Waals surface area contributed by atoms with Crippen molar-refractivity contribution in [3.05, 3.63) is 46.6 Å². The van der Waals surface area contributed by atoms with E-state index >= 15 is 0 Å². The zero-order valence-electron chi connectivity index (χ0n) is 16.1. The maximum Gasteiger partial charge on any atom is 0.417 e. The highest BCUT2D eigenvalue weighted by Crippen LogP contribution is 2.41. The molecule has 0 radical (unpaired) electrons. The molecule has 0 saturated heterocycles. The Hall–Kier alpha value is -3.41. The van der Waals surface area contributed by atoms with Crippen LogP contribution in [0.15, 0.2) is 28.9 Å². The van der Waals surface area contributed by atoms with Crippen LogP contribution in [-0.2, 0) is 15.7 Å². The first-order valence-corrected chi connectivity index (χ1v) is 8.98. The Labute approximate surface area is 177 Å². The lowest BCUT2D eigenvalue weighted by molar-refractivity contribution is -0.136. The van der Waals surface area contributed by atoms with Crippen LogP contribution in [0.1, 0.15) is 40.3 Å². The monoisotopic (exact) mass is 461 g/mol. The molecular formula is C18H15ClF3N3O6. The SMILES string of the molecule is CCOC(=O)c1ccnnc1Cl.CCOC(=O)c1oc2nccc(C(F)(F)F)c2c1O. The van der Waals surface area contributed by atoms with E-state index in [1.165, 1.54) is 19.2 Å². The minimum atomic E-state index is -4.70. The fourth-order valence-corrected chi connectivity index (χ4v) is 2.44. The highest BCUT2D eigenvalue weighted by Gasteiger charge is 2.36. The summed E-state index contributed by atoms with van der Waals surface area (Å²) in [7, 11) is 0. The Morgan fingerprint density at radius 3 is 2.35 bits per heavy atom. The molecule has 3 aromatic heterocycles. The van der Waals surface area contributed by atoms with Gasteiger partial charge in [0.15, 0.2) is 10.9 Å². The van der Waals surface area contributed by atoms with Crippen LogP contribution in [0.4, 0.5) is 13.2 Å². The van der Waals surface area contributed by atoms with Crippen LogP contribution in [0.3, 0.4) is 0 Å². The molecule has 0 aliphatic rings. The summed E-state index contributed by atoms with van der Waals surface area (Å²) in [6, 6.07) is 2.15. The van der Waals surface area contributed by atoms with Crippen molar-refractivity contribution in [2.45, 2.75) is 20.0 Å². The number of ether oxygens (including phenoxy) is 2. The minimum Gasteiger partial charge on any atom is -0.503 e. The van der Waals surface area contributed by atoms with Gasteiger partial charge in [0.25, 0.3) is 5.76 Å². The molecule has 0 bridgehead atoms. The third kappa shape index (κ3) is 5.60. The largest absolute Gasteiger partial charge is 0.503 e. The molecule has 166 valence electrons. The van der Waals surface area contributed by atoms with E-state index in [1.54, 1.807) is 6.92 Å². The van der Waals surface area contributed by atoms with Gasteiger partial charge < -0.3 is 19.0 Å². The summed E-state index contributed by atoms with van der Waals surface area (Å²) in [5, 5.41) is 16.1. The Balaban J connectivity index is 0.000000245. The van der Waals surface area contributed by atoms with Crippen LogP contribution in [0, 0.1) is 0 Å². The molecule has 0 amide bonds. The third-order valence-electron chi connectivity index (χ3n) is 3.50. The summed E-state index contributed by atoms with van der Waals surface area (Å²) in [6.45, 7) is 3.55. The summed E-state index contributed by atoms with van der Waals surface area (Å²) >= 11 is 5.58.